The fraction of sp³-hybridized carbons (Fsp3) is 0.368. The maximum absolute atomic E-state index is 3.64. The Kier molecular flexibility index (Phi) is 4.49. The molecular formula is C19H25N. The first kappa shape index (κ1) is 14.6. The maximum Gasteiger partial charge on any atom is 0.0371 e. The molecule has 1 atom stereocenters. The van der Waals surface area contributed by atoms with Gasteiger partial charge in [-0.2, -0.15) is 0 Å². The molecule has 0 amide bonds. The predicted molar refractivity (Wildman–Crippen MR) is 88.3 cm³/mol. The zero-order valence-electron chi connectivity index (χ0n) is 13.0. The van der Waals surface area contributed by atoms with Gasteiger partial charge >= 0.3 is 0 Å². The largest absolute Gasteiger partial charge is 0.382 e. The third-order valence-electron chi connectivity index (χ3n) is 3.92. The van der Waals surface area contributed by atoms with E-state index in [1.165, 1.54) is 16.8 Å². The monoisotopic (exact) mass is 267 g/mol. The van der Waals surface area contributed by atoms with Gasteiger partial charge in [0.25, 0.3) is 0 Å². The molecule has 0 saturated heterocycles. The van der Waals surface area contributed by atoms with Crippen molar-refractivity contribution in [2.75, 3.05) is 5.32 Å². The number of rotatable bonds is 5. The molecule has 20 heavy (non-hydrogen) atoms. The number of para-hydroxylation sites is 1. The van der Waals surface area contributed by atoms with Gasteiger partial charge < -0.3 is 5.32 Å². The Bertz CT molecular complexity index is 543. The smallest absolute Gasteiger partial charge is 0.0371 e. The molecule has 2 aromatic rings. The standard InChI is InChI=1S/C19H25N/c1-15-10-8-9-13-18(15)20-16(2)14-19(3,4)17-11-6-5-7-12-17/h5-13,16,20H,14H2,1-4H3. The van der Waals surface area contributed by atoms with Crippen molar-refractivity contribution in [1.29, 1.82) is 0 Å². The second-order valence-electron chi connectivity index (χ2n) is 6.31. The van der Waals surface area contributed by atoms with E-state index >= 15 is 0 Å². The zero-order valence-corrected chi connectivity index (χ0v) is 13.0. The van der Waals surface area contributed by atoms with Gasteiger partial charge in [0, 0.05) is 11.7 Å². The van der Waals surface area contributed by atoms with E-state index in [1.54, 1.807) is 0 Å². The molecule has 0 aromatic heterocycles. The van der Waals surface area contributed by atoms with Gasteiger partial charge in [0.05, 0.1) is 0 Å². The first-order valence-corrected chi connectivity index (χ1v) is 7.37. The SMILES string of the molecule is Cc1ccccc1NC(C)CC(C)(C)c1ccccc1. The van der Waals surface area contributed by atoms with Crippen molar-refractivity contribution in [1.82, 2.24) is 0 Å². The zero-order chi connectivity index (χ0) is 14.6. The molecule has 0 bridgehead atoms. The van der Waals surface area contributed by atoms with Crippen molar-refractivity contribution < 1.29 is 0 Å². The molecule has 0 aliphatic heterocycles. The second-order valence-corrected chi connectivity index (χ2v) is 6.31. The Hall–Kier alpha value is -1.76. The summed E-state index contributed by atoms with van der Waals surface area (Å²) in [5.74, 6) is 0. The lowest BCUT2D eigenvalue weighted by atomic mass is 9.79. The summed E-state index contributed by atoms with van der Waals surface area (Å²) in [4.78, 5) is 0. The molecule has 1 nitrogen and oxygen atoms in total. The highest BCUT2D eigenvalue weighted by molar-refractivity contribution is 5.50. The molecule has 1 N–H and O–H groups in total. The van der Waals surface area contributed by atoms with Gasteiger partial charge in [-0.25, -0.2) is 0 Å². The topological polar surface area (TPSA) is 12.0 Å². The van der Waals surface area contributed by atoms with Crippen LogP contribution < -0.4 is 5.32 Å². The van der Waals surface area contributed by atoms with E-state index in [2.05, 4.69) is 87.6 Å². The summed E-state index contributed by atoms with van der Waals surface area (Å²) in [6.07, 6.45) is 1.10. The Labute approximate surface area is 123 Å². The van der Waals surface area contributed by atoms with Crippen molar-refractivity contribution in [3.05, 3.63) is 65.7 Å². The molecule has 1 unspecified atom stereocenters. The van der Waals surface area contributed by atoms with Gasteiger partial charge in [-0.15, -0.1) is 0 Å². The van der Waals surface area contributed by atoms with Crippen LogP contribution in [-0.4, -0.2) is 6.04 Å². The normalized spacial score (nSPS) is 13.0. The lowest BCUT2D eigenvalue weighted by Crippen LogP contribution is -2.28. The van der Waals surface area contributed by atoms with Gasteiger partial charge in [-0.3, -0.25) is 0 Å². The first-order chi connectivity index (χ1) is 9.49. The molecule has 0 saturated carbocycles. The lowest BCUT2D eigenvalue weighted by Gasteiger charge is -2.30. The molecule has 0 heterocycles. The number of nitrogens with one attached hydrogen (secondary N) is 1. The quantitative estimate of drug-likeness (QED) is 0.788. The summed E-state index contributed by atoms with van der Waals surface area (Å²) >= 11 is 0. The van der Waals surface area contributed by atoms with Crippen LogP contribution in [-0.2, 0) is 5.41 Å². The van der Waals surface area contributed by atoms with E-state index in [4.69, 9.17) is 0 Å². The minimum Gasteiger partial charge on any atom is -0.382 e. The van der Waals surface area contributed by atoms with Gasteiger partial charge in [-0.05, 0) is 42.9 Å². The third-order valence-corrected chi connectivity index (χ3v) is 3.92. The van der Waals surface area contributed by atoms with Crippen LogP contribution >= 0.6 is 0 Å². The van der Waals surface area contributed by atoms with Gasteiger partial charge in [-0.1, -0.05) is 62.4 Å². The molecule has 2 aromatic carbocycles. The lowest BCUT2D eigenvalue weighted by molar-refractivity contribution is 0.450. The minimum absolute atomic E-state index is 0.177. The van der Waals surface area contributed by atoms with Crippen molar-refractivity contribution in [3.8, 4) is 0 Å². The van der Waals surface area contributed by atoms with Crippen LogP contribution in [0.1, 0.15) is 38.3 Å². The van der Waals surface area contributed by atoms with Crippen LogP contribution in [0, 0.1) is 6.92 Å². The number of benzene rings is 2. The molecule has 2 rings (SSSR count). The summed E-state index contributed by atoms with van der Waals surface area (Å²) in [6.45, 7) is 9.05. The highest BCUT2D eigenvalue weighted by Gasteiger charge is 2.23. The van der Waals surface area contributed by atoms with Crippen LogP contribution in [0.5, 0.6) is 0 Å². The third kappa shape index (κ3) is 3.63. The van der Waals surface area contributed by atoms with Crippen LogP contribution in [0.4, 0.5) is 5.69 Å². The highest BCUT2D eigenvalue weighted by Crippen LogP contribution is 2.29. The van der Waals surface area contributed by atoms with E-state index < -0.39 is 0 Å². The summed E-state index contributed by atoms with van der Waals surface area (Å²) in [7, 11) is 0. The van der Waals surface area contributed by atoms with Crippen molar-refractivity contribution in [2.24, 2.45) is 0 Å². The molecule has 1 heteroatoms. The molecular weight excluding hydrogens is 242 g/mol. The van der Waals surface area contributed by atoms with Crippen molar-refractivity contribution in [3.63, 3.8) is 0 Å². The Balaban J connectivity index is 2.04. The van der Waals surface area contributed by atoms with E-state index in [0.29, 0.717) is 6.04 Å². The average Bonchev–Trinajstić information content (AvgIpc) is 2.42. The summed E-state index contributed by atoms with van der Waals surface area (Å²) in [6, 6.07) is 19.7. The number of anilines is 1. The maximum atomic E-state index is 3.64. The van der Waals surface area contributed by atoms with Crippen molar-refractivity contribution in [2.45, 2.75) is 45.6 Å². The molecule has 0 radical (unpaired) electrons. The van der Waals surface area contributed by atoms with Crippen LogP contribution in [0.15, 0.2) is 54.6 Å². The van der Waals surface area contributed by atoms with E-state index in [0.717, 1.165) is 6.42 Å². The highest BCUT2D eigenvalue weighted by atomic mass is 14.9. The minimum atomic E-state index is 0.177. The molecule has 106 valence electrons. The fourth-order valence-corrected chi connectivity index (χ4v) is 2.82. The number of aryl methyl sites for hydroxylation is 1. The number of hydrogen-bond acceptors (Lipinski definition) is 1. The van der Waals surface area contributed by atoms with Crippen LogP contribution in [0.25, 0.3) is 0 Å². The van der Waals surface area contributed by atoms with Gasteiger partial charge in [0.1, 0.15) is 0 Å². The second kappa shape index (κ2) is 6.13. The summed E-state index contributed by atoms with van der Waals surface area (Å²) in [5, 5.41) is 3.64. The molecule has 0 spiro atoms. The fourth-order valence-electron chi connectivity index (χ4n) is 2.82. The Morgan fingerprint density at radius 3 is 2.20 bits per heavy atom. The van der Waals surface area contributed by atoms with Gasteiger partial charge in [0.15, 0.2) is 0 Å². The first-order valence-electron chi connectivity index (χ1n) is 7.37. The number of hydrogen-bond donors (Lipinski definition) is 1. The van der Waals surface area contributed by atoms with Crippen molar-refractivity contribution >= 4 is 5.69 Å². The molecule has 0 aliphatic carbocycles. The van der Waals surface area contributed by atoms with E-state index in [1.807, 2.05) is 0 Å². The van der Waals surface area contributed by atoms with Crippen LogP contribution in [0.2, 0.25) is 0 Å². The van der Waals surface area contributed by atoms with E-state index in [9.17, 15) is 0 Å². The summed E-state index contributed by atoms with van der Waals surface area (Å²) < 4.78 is 0. The average molecular weight is 267 g/mol. The Morgan fingerprint density at radius 2 is 1.55 bits per heavy atom. The molecule has 0 aliphatic rings. The Morgan fingerprint density at radius 1 is 0.950 bits per heavy atom. The van der Waals surface area contributed by atoms with Gasteiger partial charge in [0.2, 0.25) is 0 Å². The van der Waals surface area contributed by atoms with E-state index in [-0.39, 0.29) is 5.41 Å². The van der Waals surface area contributed by atoms with Crippen LogP contribution in [0.3, 0.4) is 0 Å². The molecule has 0 fully saturated rings. The predicted octanol–water partition coefficient (Wildman–Crippen LogP) is 5.16. The summed E-state index contributed by atoms with van der Waals surface area (Å²) in [5.41, 5.74) is 4.12.